The van der Waals surface area contributed by atoms with Gasteiger partial charge in [0.25, 0.3) is 0 Å². The van der Waals surface area contributed by atoms with Crippen molar-refractivity contribution in [3.05, 3.63) is 76.2 Å². The highest BCUT2D eigenvalue weighted by Crippen LogP contribution is 2.35. The number of carbonyl (C=O) groups excluding carboxylic acids is 1. The number of alkyl halides is 3. The summed E-state index contributed by atoms with van der Waals surface area (Å²) in [5.41, 5.74) is 1.53. The zero-order valence-corrected chi connectivity index (χ0v) is 25.3. The van der Waals surface area contributed by atoms with Gasteiger partial charge in [-0.2, -0.15) is 18.3 Å². The van der Waals surface area contributed by atoms with Crippen LogP contribution in [0.3, 0.4) is 0 Å². The molecule has 1 saturated heterocycles. The van der Waals surface area contributed by atoms with Crippen molar-refractivity contribution in [2.45, 2.75) is 58.5 Å². The summed E-state index contributed by atoms with van der Waals surface area (Å²) in [6, 6.07) is 14.2. The molecule has 6 rings (SSSR count). The van der Waals surface area contributed by atoms with Crippen molar-refractivity contribution in [3.63, 3.8) is 0 Å². The molecule has 0 N–H and O–H groups in total. The number of rotatable bonds is 7. The molecular weight excluding hydrogens is 589 g/mol. The van der Waals surface area contributed by atoms with E-state index in [2.05, 4.69) is 10.1 Å². The molecule has 238 valence electrons. The SMILES string of the molecule is Cc1nc(C2=NC3=c4ccc(OC(C5CCN(C(=O)OCc6ccccc6)CC5)C(F)(F)F)cc4=CCON3C2)n(C(C)C)n1. The second-order valence-electron chi connectivity index (χ2n) is 11.6. The molecule has 2 aromatic carbocycles. The molecule has 1 atom stereocenters. The molecule has 1 amide bonds. The number of aromatic nitrogens is 3. The minimum atomic E-state index is -4.60. The molecule has 1 fully saturated rings. The average molecular weight is 625 g/mol. The Morgan fingerprint density at radius 1 is 1.11 bits per heavy atom. The van der Waals surface area contributed by atoms with Crippen LogP contribution < -0.4 is 15.2 Å². The molecule has 3 aromatic rings. The Morgan fingerprint density at radius 3 is 2.58 bits per heavy atom. The lowest BCUT2D eigenvalue weighted by molar-refractivity contribution is -0.213. The van der Waals surface area contributed by atoms with Gasteiger partial charge in [-0.3, -0.25) is 4.84 Å². The number of carbonyl (C=O) groups is 1. The third-order valence-corrected chi connectivity index (χ3v) is 8.07. The molecule has 3 aliphatic rings. The van der Waals surface area contributed by atoms with Crippen molar-refractivity contribution in [3.8, 4) is 5.75 Å². The van der Waals surface area contributed by atoms with Gasteiger partial charge in [-0.15, -0.1) is 0 Å². The Kier molecular flexibility index (Phi) is 8.54. The van der Waals surface area contributed by atoms with Crippen molar-refractivity contribution >= 4 is 23.7 Å². The number of hydrogen-bond acceptors (Lipinski definition) is 8. The van der Waals surface area contributed by atoms with Gasteiger partial charge >= 0.3 is 12.3 Å². The van der Waals surface area contributed by atoms with E-state index in [4.69, 9.17) is 19.3 Å². The number of likely N-dealkylation sites (tertiary alicyclic amines) is 1. The van der Waals surface area contributed by atoms with E-state index in [1.807, 2.05) is 55.8 Å². The number of benzene rings is 2. The predicted molar refractivity (Wildman–Crippen MR) is 159 cm³/mol. The first-order valence-electron chi connectivity index (χ1n) is 15.0. The second kappa shape index (κ2) is 12.5. The Balaban J connectivity index is 1.18. The third kappa shape index (κ3) is 6.68. The van der Waals surface area contributed by atoms with Crippen molar-refractivity contribution in [2.75, 3.05) is 26.2 Å². The van der Waals surface area contributed by atoms with Gasteiger partial charge < -0.3 is 14.4 Å². The van der Waals surface area contributed by atoms with Crippen LogP contribution in [0.4, 0.5) is 18.0 Å². The minimum absolute atomic E-state index is 0.0813. The Labute approximate surface area is 258 Å². The summed E-state index contributed by atoms with van der Waals surface area (Å²) in [5.74, 6) is 1.13. The Bertz CT molecular complexity index is 1700. The maximum absolute atomic E-state index is 14.3. The smallest absolute Gasteiger partial charge is 0.425 e. The summed E-state index contributed by atoms with van der Waals surface area (Å²) in [6.45, 7) is 6.84. The molecule has 3 aliphatic heterocycles. The van der Waals surface area contributed by atoms with E-state index in [9.17, 15) is 18.0 Å². The molecule has 45 heavy (non-hydrogen) atoms. The van der Waals surface area contributed by atoms with Gasteiger partial charge in [-0.25, -0.2) is 24.5 Å². The van der Waals surface area contributed by atoms with E-state index in [1.54, 1.807) is 23.3 Å². The van der Waals surface area contributed by atoms with Gasteiger partial charge in [-0.1, -0.05) is 30.3 Å². The van der Waals surface area contributed by atoms with Crippen LogP contribution in [0.1, 0.15) is 49.9 Å². The van der Waals surface area contributed by atoms with Crippen LogP contribution in [0.25, 0.3) is 11.9 Å². The summed E-state index contributed by atoms with van der Waals surface area (Å²) in [4.78, 5) is 29.3. The lowest BCUT2D eigenvalue weighted by Crippen LogP contribution is -2.47. The zero-order valence-electron chi connectivity index (χ0n) is 25.3. The van der Waals surface area contributed by atoms with Crippen molar-refractivity contribution in [1.82, 2.24) is 24.7 Å². The fourth-order valence-electron chi connectivity index (χ4n) is 5.81. The van der Waals surface area contributed by atoms with Gasteiger partial charge in [0, 0.05) is 30.3 Å². The van der Waals surface area contributed by atoms with E-state index in [-0.39, 0.29) is 50.9 Å². The fourth-order valence-corrected chi connectivity index (χ4v) is 5.81. The second-order valence-corrected chi connectivity index (χ2v) is 11.6. The normalized spacial score (nSPS) is 17.8. The fraction of sp³-hybridized carbons (Fsp3) is 0.438. The molecule has 10 nitrogen and oxygen atoms in total. The molecule has 0 saturated carbocycles. The minimum Gasteiger partial charge on any atom is -0.481 e. The van der Waals surface area contributed by atoms with E-state index < -0.39 is 24.3 Å². The standard InChI is InChI=1S/C32H35F3N6O4/c1-20(2)41-30(36-21(3)38-41)27-18-40-29(37-27)26-10-9-25(17-24(26)13-16-44-40)45-28(32(33,34)35)23-11-14-39(15-12-23)31(42)43-19-22-7-5-4-6-8-22/h4-10,13,17,20,23,28H,11-12,14-16,18-19H2,1-3H3. The van der Waals surface area contributed by atoms with Gasteiger partial charge in [0.1, 0.15) is 23.9 Å². The van der Waals surface area contributed by atoms with E-state index in [0.29, 0.717) is 40.2 Å². The number of halogens is 3. The third-order valence-electron chi connectivity index (χ3n) is 8.07. The molecule has 4 heterocycles. The molecule has 0 aliphatic carbocycles. The van der Waals surface area contributed by atoms with Crippen LogP contribution in [0.15, 0.2) is 53.5 Å². The number of hydrogen-bond donors (Lipinski definition) is 0. The quantitative estimate of drug-likeness (QED) is 0.391. The Morgan fingerprint density at radius 2 is 1.87 bits per heavy atom. The number of ether oxygens (including phenoxy) is 2. The van der Waals surface area contributed by atoms with Crippen LogP contribution in [-0.4, -0.2) is 75.1 Å². The van der Waals surface area contributed by atoms with Crippen molar-refractivity contribution in [1.29, 1.82) is 0 Å². The summed E-state index contributed by atoms with van der Waals surface area (Å²) < 4.78 is 55.8. The Hall–Kier alpha value is -4.39. The van der Waals surface area contributed by atoms with Gasteiger partial charge in [0.2, 0.25) is 0 Å². The first-order valence-corrected chi connectivity index (χ1v) is 15.0. The van der Waals surface area contributed by atoms with Crippen molar-refractivity contribution in [2.24, 2.45) is 10.9 Å². The topological polar surface area (TPSA) is 94.3 Å². The van der Waals surface area contributed by atoms with Crippen LogP contribution in [0.5, 0.6) is 5.75 Å². The van der Waals surface area contributed by atoms with E-state index in [1.165, 1.54) is 11.0 Å². The highest BCUT2D eigenvalue weighted by atomic mass is 19.4. The van der Waals surface area contributed by atoms with Crippen molar-refractivity contribution < 1.29 is 32.3 Å². The molecular formula is C32H35F3N6O4. The molecule has 0 bridgehead atoms. The largest absolute Gasteiger partial charge is 0.481 e. The maximum atomic E-state index is 14.3. The highest BCUT2D eigenvalue weighted by Gasteiger charge is 2.48. The molecule has 0 spiro atoms. The summed E-state index contributed by atoms with van der Waals surface area (Å²) >= 11 is 0. The predicted octanol–water partition coefficient (Wildman–Crippen LogP) is 4.12. The zero-order chi connectivity index (χ0) is 31.7. The molecule has 0 radical (unpaired) electrons. The van der Waals surface area contributed by atoms with Crippen LogP contribution in [0.2, 0.25) is 0 Å². The number of amides is 1. The first kappa shape index (κ1) is 30.6. The number of piperidine rings is 1. The number of fused-ring (bicyclic) bond motifs is 2. The van der Waals surface area contributed by atoms with Gasteiger partial charge in [0.05, 0.1) is 13.2 Å². The summed E-state index contributed by atoms with van der Waals surface area (Å²) in [5, 5.41) is 7.53. The average Bonchev–Trinajstić information content (AvgIpc) is 3.58. The van der Waals surface area contributed by atoms with Crippen LogP contribution in [0, 0.1) is 12.8 Å². The summed E-state index contributed by atoms with van der Waals surface area (Å²) in [6.07, 6.45) is -5.08. The lowest BCUT2D eigenvalue weighted by atomic mass is 9.90. The monoisotopic (exact) mass is 624 g/mol. The maximum Gasteiger partial charge on any atom is 0.425 e. The number of hydroxylamine groups is 2. The number of aliphatic imine (C=N–C) groups is 1. The van der Waals surface area contributed by atoms with Gasteiger partial charge in [0.15, 0.2) is 17.7 Å². The molecule has 1 aromatic heterocycles. The molecule has 13 heteroatoms. The first-order chi connectivity index (χ1) is 21.6. The highest BCUT2D eigenvalue weighted by molar-refractivity contribution is 6.03. The lowest BCUT2D eigenvalue weighted by Gasteiger charge is -2.36. The van der Waals surface area contributed by atoms with E-state index in [0.717, 1.165) is 5.56 Å². The van der Waals surface area contributed by atoms with Crippen LogP contribution in [-0.2, 0) is 16.2 Å². The van der Waals surface area contributed by atoms with E-state index >= 15 is 0 Å². The van der Waals surface area contributed by atoms with Gasteiger partial charge in [-0.05, 0) is 68.7 Å². The summed E-state index contributed by atoms with van der Waals surface area (Å²) in [7, 11) is 0. The number of aryl methyl sites for hydroxylation is 1. The number of nitrogens with zero attached hydrogens (tertiary/aromatic N) is 6. The van der Waals surface area contributed by atoms with Crippen LogP contribution >= 0.6 is 0 Å². The molecule has 1 unspecified atom stereocenters.